The third-order valence-corrected chi connectivity index (χ3v) is 4.41. The van der Waals surface area contributed by atoms with Crippen molar-refractivity contribution in [3.8, 4) is 34.3 Å². The fourth-order valence-corrected chi connectivity index (χ4v) is 2.72. The van der Waals surface area contributed by atoms with Crippen LogP contribution in [0.3, 0.4) is 0 Å². The normalized spacial score (nSPS) is 13.2. The zero-order valence-electron chi connectivity index (χ0n) is 15.6. The first-order valence-corrected chi connectivity index (χ1v) is 9.04. The summed E-state index contributed by atoms with van der Waals surface area (Å²) in [6.07, 6.45) is 0.860. The number of hydrogen-bond acceptors (Lipinski definition) is 6. The highest BCUT2D eigenvalue weighted by Gasteiger charge is 2.17. The van der Waals surface area contributed by atoms with E-state index in [0.717, 1.165) is 17.5 Å². The Hall–Kier alpha value is -3.55. The molecular weight excluding hydrogens is 360 g/mol. The van der Waals surface area contributed by atoms with E-state index in [9.17, 15) is 4.79 Å². The van der Waals surface area contributed by atoms with Gasteiger partial charge in [0.2, 0.25) is 12.6 Å². The van der Waals surface area contributed by atoms with Gasteiger partial charge in [-0.25, -0.2) is 4.79 Å². The van der Waals surface area contributed by atoms with Gasteiger partial charge in [-0.2, -0.15) is 4.98 Å². The van der Waals surface area contributed by atoms with Crippen LogP contribution in [0.25, 0.3) is 22.8 Å². The average molecular weight is 380 g/mol. The maximum atomic E-state index is 12.0. The van der Waals surface area contributed by atoms with Crippen LogP contribution in [-0.4, -0.2) is 29.0 Å². The number of anilines is 1. The third-order valence-electron chi connectivity index (χ3n) is 4.41. The Labute approximate surface area is 161 Å². The molecule has 0 saturated heterocycles. The molecule has 2 aromatic carbocycles. The molecule has 0 spiro atoms. The fourth-order valence-electron chi connectivity index (χ4n) is 2.72. The largest absolute Gasteiger partial charge is 0.454 e. The molecule has 4 rings (SSSR count). The van der Waals surface area contributed by atoms with Gasteiger partial charge in [0.15, 0.2) is 11.5 Å². The molecule has 1 aliphatic heterocycles. The summed E-state index contributed by atoms with van der Waals surface area (Å²) in [5.41, 5.74) is 2.12. The van der Waals surface area contributed by atoms with E-state index in [2.05, 4.69) is 20.8 Å². The van der Waals surface area contributed by atoms with Crippen molar-refractivity contribution in [2.75, 3.05) is 12.1 Å². The first kappa shape index (κ1) is 17.8. The summed E-state index contributed by atoms with van der Waals surface area (Å²) in [4.78, 5) is 16.5. The zero-order chi connectivity index (χ0) is 19.5. The minimum Gasteiger partial charge on any atom is -0.454 e. The molecule has 0 aliphatic carbocycles. The average Bonchev–Trinajstić information content (AvgIpc) is 3.37. The zero-order valence-corrected chi connectivity index (χ0v) is 15.6. The molecule has 28 heavy (non-hydrogen) atoms. The molecular formula is C20H20N4O4. The molecule has 8 nitrogen and oxygen atoms in total. The minimum atomic E-state index is -0.249. The number of urea groups is 1. The lowest BCUT2D eigenvalue weighted by molar-refractivity contribution is 0.174. The molecule has 8 heteroatoms. The van der Waals surface area contributed by atoms with Crippen LogP contribution in [0.15, 0.2) is 47.0 Å². The molecule has 2 heterocycles. The van der Waals surface area contributed by atoms with Crippen molar-refractivity contribution in [2.45, 2.75) is 26.3 Å². The second-order valence-electron chi connectivity index (χ2n) is 6.48. The van der Waals surface area contributed by atoms with Crippen molar-refractivity contribution < 1.29 is 18.8 Å². The second kappa shape index (κ2) is 7.59. The van der Waals surface area contributed by atoms with E-state index in [1.54, 1.807) is 18.2 Å². The highest BCUT2D eigenvalue weighted by atomic mass is 16.7. The highest BCUT2D eigenvalue weighted by molar-refractivity contribution is 5.90. The van der Waals surface area contributed by atoms with Gasteiger partial charge in [-0.15, -0.1) is 0 Å². The van der Waals surface area contributed by atoms with Crippen LogP contribution in [-0.2, 0) is 0 Å². The molecule has 144 valence electrons. The van der Waals surface area contributed by atoms with Gasteiger partial charge < -0.3 is 24.6 Å². The van der Waals surface area contributed by atoms with Crippen LogP contribution < -0.4 is 20.1 Å². The van der Waals surface area contributed by atoms with E-state index in [4.69, 9.17) is 14.0 Å². The van der Waals surface area contributed by atoms with E-state index < -0.39 is 0 Å². The monoisotopic (exact) mass is 380 g/mol. The Balaban J connectivity index is 1.52. The lowest BCUT2D eigenvalue weighted by atomic mass is 10.2. The number of aromatic nitrogens is 2. The van der Waals surface area contributed by atoms with Gasteiger partial charge in [0.25, 0.3) is 5.89 Å². The number of fused-ring (bicyclic) bond motifs is 1. The van der Waals surface area contributed by atoms with Crippen molar-refractivity contribution in [3.05, 3.63) is 42.5 Å². The molecule has 0 fully saturated rings. The van der Waals surface area contributed by atoms with E-state index in [1.807, 2.05) is 38.1 Å². The standard InChI is InChI=1S/C20H20N4O4/c1-3-12(2)21-20(25)22-15-6-4-5-13(9-15)18-23-19(28-24-18)14-7-8-16-17(10-14)27-11-26-16/h4-10,12H,3,11H2,1-2H3,(H2,21,22,25)/t12-/m0/s1. The predicted octanol–water partition coefficient (Wildman–Crippen LogP) is 4.05. The fraction of sp³-hybridized carbons (Fsp3) is 0.250. The van der Waals surface area contributed by atoms with Crippen LogP contribution >= 0.6 is 0 Å². The summed E-state index contributed by atoms with van der Waals surface area (Å²) < 4.78 is 16.1. The first-order chi connectivity index (χ1) is 13.6. The summed E-state index contributed by atoms with van der Waals surface area (Å²) >= 11 is 0. The van der Waals surface area contributed by atoms with Crippen LogP contribution in [0.2, 0.25) is 0 Å². The van der Waals surface area contributed by atoms with Crippen molar-refractivity contribution >= 4 is 11.7 Å². The lowest BCUT2D eigenvalue weighted by Crippen LogP contribution is -2.35. The summed E-state index contributed by atoms with van der Waals surface area (Å²) in [5, 5.41) is 9.73. The van der Waals surface area contributed by atoms with Gasteiger partial charge in [0.05, 0.1) is 0 Å². The van der Waals surface area contributed by atoms with Gasteiger partial charge in [-0.05, 0) is 43.7 Å². The van der Waals surface area contributed by atoms with E-state index in [0.29, 0.717) is 28.9 Å². The Bertz CT molecular complexity index is 1000. The first-order valence-electron chi connectivity index (χ1n) is 9.04. The third kappa shape index (κ3) is 3.75. The van der Waals surface area contributed by atoms with Crippen LogP contribution in [0, 0.1) is 0 Å². The molecule has 1 aliphatic rings. The maximum Gasteiger partial charge on any atom is 0.319 e. The van der Waals surface area contributed by atoms with Gasteiger partial charge >= 0.3 is 6.03 Å². The summed E-state index contributed by atoms with van der Waals surface area (Å²) in [6, 6.07) is 12.6. The summed E-state index contributed by atoms with van der Waals surface area (Å²) in [6.45, 7) is 4.17. The predicted molar refractivity (Wildman–Crippen MR) is 103 cm³/mol. The van der Waals surface area contributed by atoms with Gasteiger partial charge in [-0.1, -0.05) is 24.2 Å². The van der Waals surface area contributed by atoms with E-state index in [1.165, 1.54) is 0 Å². The van der Waals surface area contributed by atoms with E-state index in [-0.39, 0.29) is 18.9 Å². The second-order valence-corrected chi connectivity index (χ2v) is 6.48. The number of benzene rings is 2. The van der Waals surface area contributed by atoms with Crippen molar-refractivity contribution in [1.82, 2.24) is 15.5 Å². The Morgan fingerprint density at radius 2 is 2.00 bits per heavy atom. The van der Waals surface area contributed by atoms with Gasteiger partial charge in [0, 0.05) is 22.9 Å². The molecule has 0 bridgehead atoms. The number of hydrogen-bond donors (Lipinski definition) is 2. The summed E-state index contributed by atoms with van der Waals surface area (Å²) in [7, 11) is 0. The van der Waals surface area contributed by atoms with Crippen LogP contribution in [0.1, 0.15) is 20.3 Å². The number of carbonyl (C=O) groups is 1. The smallest absolute Gasteiger partial charge is 0.319 e. The van der Waals surface area contributed by atoms with Crippen LogP contribution in [0.4, 0.5) is 10.5 Å². The molecule has 0 saturated carbocycles. The number of rotatable bonds is 5. The molecule has 0 unspecified atom stereocenters. The molecule has 1 aromatic heterocycles. The van der Waals surface area contributed by atoms with E-state index >= 15 is 0 Å². The molecule has 3 aromatic rings. The minimum absolute atomic E-state index is 0.102. The molecule has 2 N–H and O–H groups in total. The molecule has 0 radical (unpaired) electrons. The van der Waals surface area contributed by atoms with Gasteiger partial charge in [-0.3, -0.25) is 0 Å². The Kier molecular flexibility index (Phi) is 4.84. The van der Waals surface area contributed by atoms with Gasteiger partial charge in [0.1, 0.15) is 0 Å². The number of nitrogens with zero attached hydrogens (tertiary/aromatic N) is 2. The number of amides is 2. The number of carbonyl (C=O) groups excluding carboxylic acids is 1. The SMILES string of the molecule is CC[C@H](C)NC(=O)Nc1cccc(-c2noc(-c3ccc4c(c3)OCO4)n2)c1. The quantitative estimate of drug-likeness (QED) is 0.693. The number of ether oxygens (including phenoxy) is 2. The topological polar surface area (TPSA) is 98.5 Å². The highest BCUT2D eigenvalue weighted by Crippen LogP contribution is 2.35. The Morgan fingerprint density at radius 3 is 2.86 bits per heavy atom. The Morgan fingerprint density at radius 1 is 1.14 bits per heavy atom. The van der Waals surface area contributed by atoms with Crippen molar-refractivity contribution in [3.63, 3.8) is 0 Å². The van der Waals surface area contributed by atoms with Crippen LogP contribution in [0.5, 0.6) is 11.5 Å². The van der Waals surface area contributed by atoms with Crippen molar-refractivity contribution in [1.29, 1.82) is 0 Å². The number of nitrogens with one attached hydrogen (secondary N) is 2. The summed E-state index contributed by atoms with van der Waals surface area (Å²) in [5.74, 6) is 2.15. The maximum absolute atomic E-state index is 12.0. The van der Waals surface area contributed by atoms with Crippen molar-refractivity contribution in [2.24, 2.45) is 0 Å². The molecule has 1 atom stereocenters. The lowest BCUT2D eigenvalue weighted by Gasteiger charge is -2.12. The molecule has 2 amide bonds.